The second-order valence-corrected chi connectivity index (χ2v) is 5.36. The molecule has 1 atom stereocenters. The van der Waals surface area contributed by atoms with Gasteiger partial charge in [-0.3, -0.25) is 4.79 Å². The average Bonchev–Trinajstić information content (AvgIpc) is 2.42. The molecule has 19 heavy (non-hydrogen) atoms. The zero-order valence-corrected chi connectivity index (χ0v) is 12.0. The fourth-order valence-corrected chi connectivity index (χ4v) is 2.71. The summed E-state index contributed by atoms with van der Waals surface area (Å²) in [5, 5.41) is 6.52. The number of amides is 1. The molecule has 3 heteroatoms. The normalized spacial score (nSPS) is 19.2. The standard InChI is InChI=1S/C16H24N2O/c1-3-13-8-6-7-12(2)16(13)18-15(19)11-14-9-4-5-10-17-14/h6-8,14,17H,3-5,9-11H2,1-2H3,(H,18,19). The molecule has 1 unspecified atom stereocenters. The lowest BCUT2D eigenvalue weighted by atomic mass is 10.0. The number of carbonyl (C=O) groups excluding carboxylic acids is 1. The van der Waals surface area contributed by atoms with E-state index in [1.54, 1.807) is 0 Å². The van der Waals surface area contributed by atoms with E-state index in [2.05, 4.69) is 23.6 Å². The zero-order chi connectivity index (χ0) is 13.7. The van der Waals surface area contributed by atoms with E-state index >= 15 is 0 Å². The Morgan fingerprint density at radius 2 is 2.26 bits per heavy atom. The van der Waals surface area contributed by atoms with E-state index in [1.165, 1.54) is 18.4 Å². The SMILES string of the molecule is CCc1cccc(C)c1NC(=O)CC1CCCCN1. The van der Waals surface area contributed by atoms with Gasteiger partial charge in [0.1, 0.15) is 0 Å². The second kappa shape index (κ2) is 6.71. The predicted molar refractivity (Wildman–Crippen MR) is 79.4 cm³/mol. The van der Waals surface area contributed by atoms with Crippen LogP contribution in [-0.4, -0.2) is 18.5 Å². The van der Waals surface area contributed by atoms with Gasteiger partial charge in [-0.2, -0.15) is 0 Å². The maximum atomic E-state index is 12.1. The summed E-state index contributed by atoms with van der Waals surface area (Å²) in [5.74, 6) is 0.128. The molecule has 1 aliphatic rings. The van der Waals surface area contributed by atoms with Crippen molar-refractivity contribution in [3.63, 3.8) is 0 Å². The van der Waals surface area contributed by atoms with Crippen LogP contribution in [0.1, 0.15) is 43.7 Å². The summed E-state index contributed by atoms with van der Waals surface area (Å²) in [6, 6.07) is 6.53. The first-order chi connectivity index (χ1) is 9.20. The molecule has 0 saturated carbocycles. The molecule has 1 heterocycles. The van der Waals surface area contributed by atoms with E-state index in [1.807, 2.05) is 19.1 Å². The van der Waals surface area contributed by atoms with Crippen LogP contribution in [0.3, 0.4) is 0 Å². The lowest BCUT2D eigenvalue weighted by Gasteiger charge is -2.23. The van der Waals surface area contributed by atoms with Gasteiger partial charge in [0.25, 0.3) is 0 Å². The Kier molecular flexibility index (Phi) is 4.97. The largest absolute Gasteiger partial charge is 0.326 e. The molecule has 2 N–H and O–H groups in total. The van der Waals surface area contributed by atoms with Crippen molar-refractivity contribution in [2.45, 2.75) is 52.0 Å². The van der Waals surface area contributed by atoms with Crippen molar-refractivity contribution in [1.29, 1.82) is 0 Å². The van der Waals surface area contributed by atoms with Crippen LogP contribution in [0.4, 0.5) is 5.69 Å². The zero-order valence-electron chi connectivity index (χ0n) is 12.0. The maximum absolute atomic E-state index is 12.1. The van der Waals surface area contributed by atoms with Gasteiger partial charge < -0.3 is 10.6 Å². The number of carbonyl (C=O) groups is 1. The van der Waals surface area contributed by atoms with Crippen molar-refractivity contribution in [3.05, 3.63) is 29.3 Å². The lowest BCUT2D eigenvalue weighted by molar-refractivity contribution is -0.116. The fourth-order valence-electron chi connectivity index (χ4n) is 2.71. The van der Waals surface area contributed by atoms with Gasteiger partial charge in [-0.15, -0.1) is 0 Å². The van der Waals surface area contributed by atoms with E-state index in [9.17, 15) is 4.79 Å². The highest BCUT2D eigenvalue weighted by Gasteiger charge is 2.17. The minimum Gasteiger partial charge on any atom is -0.326 e. The van der Waals surface area contributed by atoms with Gasteiger partial charge >= 0.3 is 0 Å². The van der Waals surface area contributed by atoms with Gasteiger partial charge in [-0.05, 0) is 43.9 Å². The molecule has 1 aromatic rings. The van der Waals surface area contributed by atoms with Crippen molar-refractivity contribution in [1.82, 2.24) is 5.32 Å². The van der Waals surface area contributed by atoms with E-state index in [-0.39, 0.29) is 5.91 Å². The Hall–Kier alpha value is -1.35. The number of hydrogen-bond donors (Lipinski definition) is 2. The molecule has 1 fully saturated rings. The Balaban J connectivity index is 1.98. The summed E-state index contributed by atoms with van der Waals surface area (Å²) < 4.78 is 0. The molecule has 1 saturated heterocycles. The maximum Gasteiger partial charge on any atom is 0.225 e. The average molecular weight is 260 g/mol. The Labute approximate surface area is 115 Å². The number of aryl methyl sites for hydroxylation is 2. The highest BCUT2D eigenvalue weighted by Crippen LogP contribution is 2.21. The molecule has 0 aromatic heterocycles. The van der Waals surface area contributed by atoms with Gasteiger partial charge in [0.05, 0.1) is 0 Å². The minimum absolute atomic E-state index is 0.128. The van der Waals surface area contributed by atoms with E-state index in [4.69, 9.17) is 0 Å². The third-order valence-electron chi connectivity index (χ3n) is 3.85. The number of hydrogen-bond acceptors (Lipinski definition) is 2. The van der Waals surface area contributed by atoms with Crippen LogP contribution in [0, 0.1) is 6.92 Å². The van der Waals surface area contributed by atoms with Crippen LogP contribution in [-0.2, 0) is 11.2 Å². The molecule has 0 bridgehead atoms. The summed E-state index contributed by atoms with van der Waals surface area (Å²) >= 11 is 0. The van der Waals surface area contributed by atoms with E-state index < -0.39 is 0 Å². The van der Waals surface area contributed by atoms with Crippen molar-refractivity contribution in [2.24, 2.45) is 0 Å². The monoisotopic (exact) mass is 260 g/mol. The highest BCUT2D eigenvalue weighted by molar-refractivity contribution is 5.92. The molecule has 0 radical (unpaired) electrons. The van der Waals surface area contributed by atoms with Crippen LogP contribution in [0.25, 0.3) is 0 Å². The first-order valence-corrected chi connectivity index (χ1v) is 7.32. The molecule has 104 valence electrons. The summed E-state index contributed by atoms with van der Waals surface area (Å²) in [6.07, 6.45) is 5.10. The predicted octanol–water partition coefficient (Wildman–Crippen LogP) is 3.03. The second-order valence-electron chi connectivity index (χ2n) is 5.36. The van der Waals surface area contributed by atoms with E-state index in [0.29, 0.717) is 12.5 Å². The van der Waals surface area contributed by atoms with Gasteiger partial charge in [0, 0.05) is 18.2 Å². The molecule has 3 nitrogen and oxygen atoms in total. The molecule has 1 aromatic carbocycles. The molecule has 1 amide bonds. The van der Waals surface area contributed by atoms with Crippen molar-refractivity contribution < 1.29 is 4.79 Å². The number of anilines is 1. The summed E-state index contributed by atoms with van der Waals surface area (Å²) in [4.78, 5) is 12.1. The Morgan fingerprint density at radius 3 is 2.95 bits per heavy atom. The molecule has 0 spiro atoms. The molecular formula is C16H24N2O. The Bertz CT molecular complexity index is 436. The van der Waals surface area contributed by atoms with Crippen LogP contribution in [0.15, 0.2) is 18.2 Å². The fraction of sp³-hybridized carbons (Fsp3) is 0.562. The third-order valence-corrected chi connectivity index (χ3v) is 3.85. The van der Waals surface area contributed by atoms with Gasteiger partial charge in [-0.25, -0.2) is 0 Å². The lowest BCUT2D eigenvalue weighted by Crippen LogP contribution is -2.37. The van der Waals surface area contributed by atoms with Gasteiger partial charge in [0.15, 0.2) is 0 Å². The van der Waals surface area contributed by atoms with Crippen LogP contribution >= 0.6 is 0 Å². The minimum atomic E-state index is 0.128. The first-order valence-electron chi connectivity index (χ1n) is 7.32. The first kappa shape index (κ1) is 14.1. The number of para-hydroxylation sites is 1. The number of piperidine rings is 1. The molecule has 2 rings (SSSR count). The van der Waals surface area contributed by atoms with Crippen molar-refractivity contribution in [3.8, 4) is 0 Å². The van der Waals surface area contributed by atoms with Crippen molar-refractivity contribution in [2.75, 3.05) is 11.9 Å². The summed E-state index contributed by atoms with van der Waals surface area (Å²) in [7, 11) is 0. The Morgan fingerprint density at radius 1 is 1.42 bits per heavy atom. The van der Waals surface area contributed by atoms with E-state index in [0.717, 1.165) is 30.6 Å². The molecule has 0 aliphatic carbocycles. The van der Waals surface area contributed by atoms with Gasteiger partial charge in [-0.1, -0.05) is 31.5 Å². The summed E-state index contributed by atoms with van der Waals surface area (Å²) in [5.41, 5.74) is 3.36. The van der Waals surface area contributed by atoms with Crippen molar-refractivity contribution >= 4 is 11.6 Å². The summed E-state index contributed by atoms with van der Waals surface area (Å²) in [6.45, 7) is 5.21. The highest BCUT2D eigenvalue weighted by atomic mass is 16.1. The third kappa shape index (κ3) is 3.80. The quantitative estimate of drug-likeness (QED) is 0.873. The number of nitrogens with one attached hydrogen (secondary N) is 2. The molecular weight excluding hydrogens is 236 g/mol. The van der Waals surface area contributed by atoms with Crippen LogP contribution < -0.4 is 10.6 Å². The van der Waals surface area contributed by atoms with Crippen LogP contribution in [0.2, 0.25) is 0 Å². The number of benzene rings is 1. The van der Waals surface area contributed by atoms with Crippen LogP contribution in [0.5, 0.6) is 0 Å². The topological polar surface area (TPSA) is 41.1 Å². The molecule has 1 aliphatic heterocycles. The number of rotatable bonds is 4. The van der Waals surface area contributed by atoms with Gasteiger partial charge in [0.2, 0.25) is 5.91 Å². The smallest absolute Gasteiger partial charge is 0.225 e.